The molecule has 1 saturated heterocycles. The van der Waals surface area contributed by atoms with E-state index in [-0.39, 0.29) is 24.9 Å². The Morgan fingerprint density at radius 3 is 2.55 bits per heavy atom. The van der Waals surface area contributed by atoms with Gasteiger partial charge in [0.1, 0.15) is 12.3 Å². The fourth-order valence-electron chi connectivity index (χ4n) is 4.26. The molecule has 0 unspecified atom stereocenters. The fourth-order valence-corrected chi connectivity index (χ4v) is 5.01. The van der Waals surface area contributed by atoms with Crippen molar-refractivity contribution in [3.8, 4) is 0 Å². The third-order valence-corrected chi connectivity index (χ3v) is 7.74. The van der Waals surface area contributed by atoms with Gasteiger partial charge in [0.25, 0.3) is 0 Å². The van der Waals surface area contributed by atoms with E-state index in [1.54, 1.807) is 21.1 Å². The van der Waals surface area contributed by atoms with E-state index in [1.165, 1.54) is 0 Å². The zero-order valence-electron chi connectivity index (χ0n) is 21.1. The Labute approximate surface area is 197 Å². The number of aliphatic hydroxyl groups excluding tert-OH is 1. The lowest BCUT2D eigenvalue weighted by atomic mass is 9.86. The highest BCUT2D eigenvalue weighted by atomic mass is 28.3. The number of aromatic nitrogens is 2. The third-order valence-electron chi connectivity index (χ3n) is 6.04. The average molecular weight is 478 g/mol. The summed E-state index contributed by atoms with van der Waals surface area (Å²) in [5, 5.41) is 11.0. The van der Waals surface area contributed by atoms with E-state index in [9.17, 15) is 14.7 Å². The third kappa shape index (κ3) is 6.07. The Morgan fingerprint density at radius 2 is 1.94 bits per heavy atom. The van der Waals surface area contributed by atoms with Crippen molar-refractivity contribution in [2.45, 2.75) is 77.2 Å². The molecule has 1 aromatic carbocycles. The molecule has 1 amide bonds. The number of rotatable bonds is 6. The van der Waals surface area contributed by atoms with Gasteiger partial charge in [-0.25, -0.2) is 9.59 Å². The maximum atomic E-state index is 13.0. The van der Waals surface area contributed by atoms with Gasteiger partial charge < -0.3 is 19.5 Å². The first kappa shape index (κ1) is 25.5. The number of amides is 1. The van der Waals surface area contributed by atoms with Crippen LogP contribution in [0.25, 0.3) is 11.0 Å². The summed E-state index contributed by atoms with van der Waals surface area (Å²) in [5.41, 5.74) is 1.82. The molecule has 8 nitrogen and oxygen atoms in total. The lowest BCUT2D eigenvalue weighted by molar-refractivity contribution is -0.00141. The van der Waals surface area contributed by atoms with Crippen LogP contribution in [0.2, 0.25) is 25.7 Å². The molecule has 9 heteroatoms. The highest BCUT2D eigenvalue weighted by molar-refractivity contribution is 6.76. The quantitative estimate of drug-likeness (QED) is 0.506. The number of aryl methyl sites for hydroxylation is 1. The molecule has 2 atom stereocenters. The molecule has 0 radical (unpaired) electrons. The van der Waals surface area contributed by atoms with Gasteiger partial charge in [-0.2, -0.15) is 0 Å². The van der Waals surface area contributed by atoms with E-state index in [0.717, 1.165) is 22.6 Å². The molecule has 1 N–H and O–H groups in total. The highest BCUT2D eigenvalue weighted by Crippen LogP contribution is 2.33. The number of nitrogens with zero attached hydrogens (tertiary/aromatic N) is 3. The minimum absolute atomic E-state index is 0.133. The first-order chi connectivity index (χ1) is 15.3. The minimum atomic E-state index is -1.21. The van der Waals surface area contributed by atoms with Crippen LogP contribution in [-0.2, 0) is 23.3 Å². The standard InChI is InChI=1S/C24H39N3O5Si/c1-24(2,3)32-23(30)26-12-11-17(20(28)15-26)18-9-8-10-19-21(18)25(4)22(29)27(19)16-31-13-14-33(5,6)7/h8-10,17,20,28H,11-16H2,1-7H3/t17-,20+/m0/s1. The van der Waals surface area contributed by atoms with Crippen LogP contribution < -0.4 is 5.69 Å². The Bertz CT molecular complexity index is 1050. The normalized spacial score (nSPS) is 19.8. The van der Waals surface area contributed by atoms with E-state index >= 15 is 0 Å². The summed E-state index contributed by atoms with van der Waals surface area (Å²) >= 11 is 0. The SMILES string of the molecule is Cn1c(=O)n(COCC[Si](C)(C)C)c2cccc([C@@H]3CCN(C(=O)OC(C)(C)C)C[C@H]3O)c21. The van der Waals surface area contributed by atoms with Crippen LogP contribution in [0, 0.1) is 0 Å². The summed E-state index contributed by atoms with van der Waals surface area (Å²) in [6.45, 7) is 13.9. The maximum Gasteiger partial charge on any atom is 0.410 e. The van der Waals surface area contributed by atoms with Gasteiger partial charge in [0, 0.05) is 34.2 Å². The molecule has 1 aliphatic rings. The van der Waals surface area contributed by atoms with Crippen LogP contribution in [0.5, 0.6) is 0 Å². The number of hydrogen-bond donors (Lipinski definition) is 1. The molecule has 0 aliphatic carbocycles. The van der Waals surface area contributed by atoms with Crippen molar-refractivity contribution >= 4 is 25.2 Å². The molecule has 1 aliphatic heterocycles. The summed E-state index contributed by atoms with van der Waals surface area (Å²) in [6.07, 6.45) is -0.568. The highest BCUT2D eigenvalue weighted by Gasteiger charge is 2.34. The second-order valence-corrected chi connectivity index (χ2v) is 16.8. The Hall–Kier alpha value is -2.10. The minimum Gasteiger partial charge on any atom is -0.444 e. The van der Waals surface area contributed by atoms with E-state index in [2.05, 4.69) is 19.6 Å². The molecule has 2 aromatic rings. The number of piperidine rings is 1. The van der Waals surface area contributed by atoms with Crippen molar-refractivity contribution in [2.75, 3.05) is 19.7 Å². The molecular weight excluding hydrogens is 438 g/mol. The molecule has 0 bridgehead atoms. The summed E-state index contributed by atoms with van der Waals surface area (Å²) in [5.74, 6) is -0.179. The second-order valence-electron chi connectivity index (χ2n) is 11.2. The van der Waals surface area contributed by atoms with Crippen LogP contribution in [0.15, 0.2) is 23.0 Å². The number of benzene rings is 1. The van der Waals surface area contributed by atoms with Crippen molar-refractivity contribution in [3.05, 3.63) is 34.2 Å². The Morgan fingerprint density at radius 1 is 1.24 bits per heavy atom. The van der Waals surface area contributed by atoms with Gasteiger partial charge in [0.15, 0.2) is 0 Å². The second kappa shape index (κ2) is 9.64. The van der Waals surface area contributed by atoms with Crippen molar-refractivity contribution in [1.29, 1.82) is 0 Å². The molecule has 184 valence electrons. The molecule has 3 rings (SSSR count). The molecule has 33 heavy (non-hydrogen) atoms. The first-order valence-corrected chi connectivity index (χ1v) is 15.4. The van der Waals surface area contributed by atoms with E-state index in [1.807, 2.05) is 39.0 Å². The number of aliphatic hydroxyl groups is 1. The lowest BCUT2D eigenvalue weighted by Crippen LogP contribution is -2.47. The van der Waals surface area contributed by atoms with Gasteiger partial charge in [0.05, 0.1) is 23.7 Å². The molecule has 0 spiro atoms. The molecule has 2 heterocycles. The van der Waals surface area contributed by atoms with Crippen molar-refractivity contribution < 1.29 is 19.4 Å². The molecular formula is C24H39N3O5Si. The van der Waals surface area contributed by atoms with Crippen molar-refractivity contribution in [2.24, 2.45) is 7.05 Å². The van der Waals surface area contributed by atoms with Crippen molar-refractivity contribution in [1.82, 2.24) is 14.0 Å². The van der Waals surface area contributed by atoms with Crippen molar-refractivity contribution in [3.63, 3.8) is 0 Å². The Balaban J connectivity index is 1.81. The number of para-hydroxylation sites is 1. The zero-order valence-corrected chi connectivity index (χ0v) is 22.1. The number of β-amino-alcohol motifs (C(OH)–C–C–N with tert-alkyl or cyclic N) is 1. The van der Waals surface area contributed by atoms with E-state index in [4.69, 9.17) is 9.47 Å². The Kier molecular flexibility index (Phi) is 7.45. The average Bonchev–Trinajstić information content (AvgIpc) is 2.94. The van der Waals surface area contributed by atoms with Crippen LogP contribution in [0.1, 0.15) is 38.7 Å². The van der Waals surface area contributed by atoms with Crippen LogP contribution in [-0.4, -0.2) is 64.7 Å². The number of carbonyl (C=O) groups excluding carboxylic acids is 1. The van der Waals surface area contributed by atoms with Gasteiger partial charge in [-0.1, -0.05) is 31.8 Å². The van der Waals surface area contributed by atoms with Gasteiger partial charge >= 0.3 is 11.8 Å². The smallest absolute Gasteiger partial charge is 0.410 e. The summed E-state index contributed by atoms with van der Waals surface area (Å²) in [4.78, 5) is 27.0. The number of carbonyl (C=O) groups is 1. The van der Waals surface area contributed by atoms with Crippen LogP contribution >= 0.6 is 0 Å². The molecule has 1 fully saturated rings. The van der Waals surface area contributed by atoms with Crippen LogP contribution in [0.4, 0.5) is 4.79 Å². The van der Waals surface area contributed by atoms with E-state index < -0.39 is 25.9 Å². The number of imidazole rings is 1. The van der Waals surface area contributed by atoms with E-state index in [0.29, 0.717) is 19.6 Å². The number of likely N-dealkylation sites (tertiary alicyclic amines) is 1. The van der Waals surface area contributed by atoms with Crippen LogP contribution in [0.3, 0.4) is 0 Å². The largest absolute Gasteiger partial charge is 0.444 e. The van der Waals surface area contributed by atoms with Gasteiger partial charge in [-0.15, -0.1) is 0 Å². The summed E-state index contributed by atoms with van der Waals surface area (Å²) < 4.78 is 14.6. The summed E-state index contributed by atoms with van der Waals surface area (Å²) in [7, 11) is 0.553. The monoisotopic (exact) mass is 477 g/mol. The number of hydrogen-bond acceptors (Lipinski definition) is 5. The summed E-state index contributed by atoms with van der Waals surface area (Å²) in [6, 6.07) is 6.85. The van der Waals surface area contributed by atoms with Gasteiger partial charge in [0.2, 0.25) is 0 Å². The number of ether oxygens (including phenoxy) is 2. The number of fused-ring (bicyclic) bond motifs is 1. The fraction of sp³-hybridized carbons (Fsp3) is 0.667. The molecule has 1 aromatic heterocycles. The predicted octanol–water partition coefficient (Wildman–Crippen LogP) is 3.74. The zero-order chi connectivity index (χ0) is 24.6. The molecule has 0 saturated carbocycles. The first-order valence-electron chi connectivity index (χ1n) is 11.7. The predicted molar refractivity (Wildman–Crippen MR) is 132 cm³/mol. The topological polar surface area (TPSA) is 85.9 Å². The lowest BCUT2D eigenvalue weighted by Gasteiger charge is -2.37. The maximum absolute atomic E-state index is 13.0. The van der Waals surface area contributed by atoms with Gasteiger partial charge in [-0.05, 0) is 44.9 Å². The van der Waals surface area contributed by atoms with Gasteiger partial charge in [-0.3, -0.25) is 9.13 Å².